The van der Waals surface area contributed by atoms with Crippen molar-refractivity contribution >= 4 is 46.6 Å². The van der Waals surface area contributed by atoms with Gasteiger partial charge in [-0.05, 0) is 50.1 Å². The third-order valence-corrected chi connectivity index (χ3v) is 5.61. The average Bonchev–Trinajstić information content (AvgIpc) is 2.71. The van der Waals surface area contributed by atoms with Gasteiger partial charge in [-0.15, -0.1) is 0 Å². The highest BCUT2D eigenvalue weighted by atomic mass is 35.5. The summed E-state index contributed by atoms with van der Waals surface area (Å²) < 4.78 is 5.59. The molecule has 0 fully saturated rings. The lowest BCUT2D eigenvalue weighted by molar-refractivity contribution is -0.142. The van der Waals surface area contributed by atoms with E-state index in [9.17, 15) is 9.59 Å². The van der Waals surface area contributed by atoms with Crippen LogP contribution < -0.4 is 10.1 Å². The summed E-state index contributed by atoms with van der Waals surface area (Å²) in [6.07, 6.45) is 0.787. The van der Waals surface area contributed by atoms with Crippen LogP contribution >= 0.6 is 34.8 Å². The van der Waals surface area contributed by atoms with Crippen molar-refractivity contribution in [2.45, 2.75) is 45.8 Å². The van der Waals surface area contributed by atoms with Gasteiger partial charge in [0.2, 0.25) is 5.91 Å². The van der Waals surface area contributed by atoms with E-state index in [0.717, 1.165) is 12.0 Å². The van der Waals surface area contributed by atoms with Gasteiger partial charge in [-0.1, -0.05) is 59.9 Å². The Morgan fingerprint density at radius 2 is 1.77 bits per heavy atom. The molecular formula is C22H25Cl3N2O3. The van der Waals surface area contributed by atoms with Crippen LogP contribution in [0.4, 0.5) is 0 Å². The zero-order valence-corrected chi connectivity index (χ0v) is 19.4. The first-order valence-electron chi connectivity index (χ1n) is 9.64. The van der Waals surface area contributed by atoms with Crippen LogP contribution in [-0.4, -0.2) is 35.4 Å². The quantitative estimate of drug-likeness (QED) is 0.536. The molecule has 0 heterocycles. The van der Waals surface area contributed by atoms with Crippen molar-refractivity contribution in [3.8, 4) is 5.75 Å². The third-order valence-electron chi connectivity index (χ3n) is 4.71. The summed E-state index contributed by atoms with van der Waals surface area (Å²) in [5.74, 6) is -0.272. The van der Waals surface area contributed by atoms with E-state index in [1.807, 2.05) is 32.0 Å². The predicted molar refractivity (Wildman–Crippen MR) is 121 cm³/mol. The van der Waals surface area contributed by atoms with Crippen molar-refractivity contribution in [3.63, 3.8) is 0 Å². The van der Waals surface area contributed by atoms with Crippen LogP contribution in [0.3, 0.4) is 0 Å². The molecule has 5 nitrogen and oxygen atoms in total. The molecule has 8 heteroatoms. The molecular weight excluding hydrogens is 447 g/mol. The Morgan fingerprint density at radius 3 is 2.40 bits per heavy atom. The molecule has 0 aliphatic rings. The van der Waals surface area contributed by atoms with E-state index in [1.54, 1.807) is 25.1 Å². The molecule has 2 rings (SSSR count). The third kappa shape index (κ3) is 6.79. The molecule has 0 saturated carbocycles. The summed E-state index contributed by atoms with van der Waals surface area (Å²) in [5, 5.41) is 4.20. The van der Waals surface area contributed by atoms with E-state index in [-0.39, 0.29) is 31.0 Å². The summed E-state index contributed by atoms with van der Waals surface area (Å²) in [7, 11) is 0. The molecule has 2 atom stereocenters. The summed E-state index contributed by atoms with van der Waals surface area (Å²) in [4.78, 5) is 27.2. The monoisotopic (exact) mass is 470 g/mol. The minimum atomic E-state index is -0.716. The van der Waals surface area contributed by atoms with E-state index in [4.69, 9.17) is 39.5 Å². The summed E-state index contributed by atoms with van der Waals surface area (Å²) in [5.41, 5.74) is 0.736. The molecule has 1 N–H and O–H groups in total. The number of carbonyl (C=O) groups is 2. The van der Waals surface area contributed by atoms with Gasteiger partial charge in [0.1, 0.15) is 11.8 Å². The fourth-order valence-corrected chi connectivity index (χ4v) is 3.33. The lowest BCUT2D eigenvalue weighted by Gasteiger charge is -2.30. The second-order valence-corrected chi connectivity index (χ2v) is 8.22. The summed E-state index contributed by atoms with van der Waals surface area (Å²) in [6.45, 7) is 5.46. The van der Waals surface area contributed by atoms with Crippen LogP contribution in [0.1, 0.15) is 32.8 Å². The van der Waals surface area contributed by atoms with Crippen LogP contribution in [0.25, 0.3) is 0 Å². The molecule has 162 valence electrons. The maximum Gasteiger partial charge on any atom is 0.261 e. The Labute approximate surface area is 192 Å². The van der Waals surface area contributed by atoms with E-state index >= 15 is 0 Å². The van der Waals surface area contributed by atoms with Gasteiger partial charge in [-0.3, -0.25) is 9.59 Å². The van der Waals surface area contributed by atoms with Gasteiger partial charge in [0.05, 0.1) is 5.02 Å². The first-order chi connectivity index (χ1) is 14.2. The normalized spacial score (nSPS) is 12.7. The highest BCUT2D eigenvalue weighted by Crippen LogP contribution is 2.27. The molecule has 0 saturated heterocycles. The number of ether oxygens (including phenoxy) is 1. The Kier molecular flexibility index (Phi) is 9.28. The van der Waals surface area contributed by atoms with E-state index in [1.165, 1.54) is 11.0 Å². The van der Waals surface area contributed by atoms with Gasteiger partial charge in [-0.25, -0.2) is 0 Å². The highest BCUT2D eigenvalue weighted by Gasteiger charge is 2.27. The van der Waals surface area contributed by atoms with Crippen molar-refractivity contribution in [2.75, 3.05) is 6.61 Å². The van der Waals surface area contributed by atoms with Crippen molar-refractivity contribution in [2.24, 2.45) is 0 Å². The van der Waals surface area contributed by atoms with Crippen LogP contribution in [0, 0.1) is 0 Å². The van der Waals surface area contributed by atoms with Gasteiger partial charge in [-0.2, -0.15) is 0 Å². The SMILES string of the molecule is CC[C@@H](C)NC(=O)[C@H](C)N(Cc1ccccc1Cl)C(=O)COc1ccc(Cl)cc1Cl. The first kappa shape index (κ1) is 24.3. The lowest BCUT2D eigenvalue weighted by atomic mass is 10.1. The van der Waals surface area contributed by atoms with Gasteiger partial charge >= 0.3 is 0 Å². The second-order valence-electron chi connectivity index (χ2n) is 6.97. The summed E-state index contributed by atoms with van der Waals surface area (Å²) in [6, 6.07) is 11.2. The molecule has 2 aromatic rings. The maximum absolute atomic E-state index is 13.0. The number of hydrogen-bond acceptors (Lipinski definition) is 3. The van der Waals surface area contributed by atoms with Crippen molar-refractivity contribution in [3.05, 3.63) is 63.1 Å². The Hall–Kier alpha value is -1.95. The number of carbonyl (C=O) groups excluding carboxylic acids is 2. The van der Waals surface area contributed by atoms with Crippen molar-refractivity contribution in [1.29, 1.82) is 0 Å². The molecule has 30 heavy (non-hydrogen) atoms. The van der Waals surface area contributed by atoms with Gasteiger partial charge in [0.25, 0.3) is 5.91 Å². The van der Waals surface area contributed by atoms with Crippen LogP contribution in [0.15, 0.2) is 42.5 Å². The topological polar surface area (TPSA) is 58.6 Å². The number of nitrogens with one attached hydrogen (secondary N) is 1. The Morgan fingerprint density at radius 1 is 1.07 bits per heavy atom. The molecule has 2 aromatic carbocycles. The van der Waals surface area contributed by atoms with Gasteiger partial charge in [0.15, 0.2) is 6.61 Å². The second kappa shape index (κ2) is 11.4. The van der Waals surface area contributed by atoms with E-state index in [2.05, 4.69) is 5.32 Å². The van der Waals surface area contributed by atoms with Crippen LogP contribution in [0.5, 0.6) is 5.75 Å². The molecule has 0 spiro atoms. The minimum Gasteiger partial charge on any atom is -0.482 e. The molecule has 0 aliphatic carbocycles. The smallest absolute Gasteiger partial charge is 0.261 e. The van der Waals surface area contributed by atoms with Gasteiger partial charge in [0, 0.05) is 22.6 Å². The van der Waals surface area contributed by atoms with E-state index in [0.29, 0.717) is 20.8 Å². The molecule has 2 amide bonds. The zero-order valence-electron chi connectivity index (χ0n) is 17.1. The standard InChI is InChI=1S/C22H25Cl3N2O3/c1-4-14(2)26-22(29)15(3)27(12-16-7-5-6-8-18(16)24)21(28)13-30-20-10-9-17(23)11-19(20)25/h5-11,14-15H,4,12-13H2,1-3H3,(H,26,29)/t14-,15+/m1/s1. The number of nitrogens with zero attached hydrogens (tertiary/aromatic N) is 1. The fourth-order valence-electron chi connectivity index (χ4n) is 2.67. The molecule has 0 unspecified atom stereocenters. The Bertz CT molecular complexity index is 892. The minimum absolute atomic E-state index is 0.00124. The van der Waals surface area contributed by atoms with Crippen LogP contribution in [0.2, 0.25) is 15.1 Å². The van der Waals surface area contributed by atoms with Gasteiger partial charge < -0.3 is 15.0 Å². The number of rotatable bonds is 9. The van der Waals surface area contributed by atoms with Crippen molar-refractivity contribution < 1.29 is 14.3 Å². The number of benzene rings is 2. The maximum atomic E-state index is 13.0. The van der Waals surface area contributed by atoms with Crippen molar-refractivity contribution in [1.82, 2.24) is 10.2 Å². The summed E-state index contributed by atoms with van der Waals surface area (Å²) >= 11 is 18.3. The first-order valence-corrected chi connectivity index (χ1v) is 10.8. The highest BCUT2D eigenvalue weighted by molar-refractivity contribution is 6.35. The zero-order chi connectivity index (χ0) is 22.3. The molecule has 0 aromatic heterocycles. The average molecular weight is 472 g/mol. The fraction of sp³-hybridized carbons (Fsp3) is 0.364. The molecule has 0 aliphatic heterocycles. The number of amides is 2. The Balaban J connectivity index is 2.19. The lowest BCUT2D eigenvalue weighted by Crippen LogP contribution is -2.50. The van der Waals surface area contributed by atoms with E-state index < -0.39 is 6.04 Å². The predicted octanol–water partition coefficient (Wildman–Crippen LogP) is 5.36. The molecule has 0 radical (unpaired) electrons. The molecule has 0 bridgehead atoms. The number of halogens is 3. The number of hydrogen-bond donors (Lipinski definition) is 1. The largest absolute Gasteiger partial charge is 0.482 e. The van der Waals surface area contributed by atoms with Crippen LogP contribution in [-0.2, 0) is 16.1 Å².